The summed E-state index contributed by atoms with van der Waals surface area (Å²) in [6, 6.07) is 0. The molecule has 68 heavy (non-hydrogen) atoms. The quantitative estimate of drug-likeness (QED) is 0.0338. The van der Waals surface area contributed by atoms with Gasteiger partial charge in [0.05, 0.1) is 19.5 Å². The molecule has 0 aromatic carbocycles. The summed E-state index contributed by atoms with van der Waals surface area (Å²) in [5.74, 6) is 1.14. The van der Waals surface area contributed by atoms with Crippen molar-refractivity contribution in [3.8, 4) is 0 Å². The van der Waals surface area contributed by atoms with Crippen molar-refractivity contribution in [3.63, 3.8) is 0 Å². The summed E-state index contributed by atoms with van der Waals surface area (Å²) in [6.45, 7) is 6.93. The van der Waals surface area contributed by atoms with Crippen molar-refractivity contribution in [1.82, 2.24) is 30.2 Å². The molecule has 1 saturated heterocycles. The Morgan fingerprint density at radius 2 is 1.56 bits per heavy atom. The Balaban J connectivity index is 1.09. The number of aromatic nitrogens is 4. The number of carbonyl (C=O) groups is 3. The van der Waals surface area contributed by atoms with E-state index in [2.05, 4.69) is 55.2 Å². The lowest BCUT2D eigenvalue weighted by molar-refractivity contribution is -0.137. The number of thioether (sulfide) groups is 1. The molecule has 0 saturated carbocycles. The number of hydrogen-bond donors (Lipinski definition) is 9. The van der Waals surface area contributed by atoms with Crippen LogP contribution in [0.25, 0.3) is 11.2 Å². The number of aliphatic hydroxyl groups is 2. The number of nitrogen functional groups attached to an aromatic ring is 1. The second-order valence-electron chi connectivity index (χ2n) is 16.9. The van der Waals surface area contributed by atoms with Crippen LogP contribution < -0.4 is 16.4 Å². The maximum atomic E-state index is 12.7. The van der Waals surface area contributed by atoms with Gasteiger partial charge in [-0.1, -0.05) is 58.2 Å². The third kappa shape index (κ3) is 17.6. The van der Waals surface area contributed by atoms with E-state index in [0.717, 1.165) is 98.3 Å². The minimum absolute atomic E-state index is 0.0311. The molecule has 4 rings (SSSR count). The Bertz CT molecular complexity index is 2310. The SMILES string of the molecule is CCCc1oc(CCCCCCCCC(=O)SCCNC(=O)CCNC(=O)C(O)C(C)(C)COP(=O)(O)OP(=O)(O)OCC2OC(n3cnc4c(N)ncnc43)C(O)C2OP(=O)(O)O)c(C)c1C. The molecule has 1 aliphatic rings. The van der Waals surface area contributed by atoms with E-state index in [9.17, 15) is 57.9 Å². The Labute approximate surface area is 397 Å². The van der Waals surface area contributed by atoms with E-state index in [1.165, 1.54) is 25.0 Å². The first-order valence-electron chi connectivity index (χ1n) is 22.0. The summed E-state index contributed by atoms with van der Waals surface area (Å²) >= 11 is 1.14. The number of furan rings is 1. The first kappa shape index (κ1) is 57.4. The maximum Gasteiger partial charge on any atom is 0.481 e. The van der Waals surface area contributed by atoms with Crippen LogP contribution in [0.3, 0.4) is 0 Å². The number of fused-ring (bicyclic) bond motifs is 1. The number of nitrogens with one attached hydrogen (secondary N) is 2. The fourth-order valence-electron chi connectivity index (χ4n) is 7.05. The van der Waals surface area contributed by atoms with Crippen LogP contribution >= 0.6 is 35.2 Å². The summed E-state index contributed by atoms with van der Waals surface area (Å²) in [5, 5.41) is 26.6. The lowest BCUT2D eigenvalue weighted by atomic mass is 9.87. The van der Waals surface area contributed by atoms with Gasteiger partial charge < -0.3 is 55.3 Å². The van der Waals surface area contributed by atoms with Gasteiger partial charge in [0.2, 0.25) is 11.8 Å². The van der Waals surface area contributed by atoms with E-state index in [0.29, 0.717) is 12.2 Å². The molecule has 25 nitrogen and oxygen atoms in total. The smallest absolute Gasteiger partial charge is 0.466 e. The molecule has 3 aromatic heterocycles. The predicted molar refractivity (Wildman–Crippen MR) is 245 cm³/mol. The molecule has 2 amide bonds. The van der Waals surface area contributed by atoms with E-state index in [1.54, 1.807) is 0 Å². The molecule has 3 aromatic rings. The van der Waals surface area contributed by atoms with Crippen LogP contribution in [0.4, 0.5) is 5.82 Å². The number of aliphatic hydroxyl groups excluding tert-OH is 2. The van der Waals surface area contributed by atoms with Crippen molar-refractivity contribution in [3.05, 3.63) is 35.3 Å². The fourth-order valence-corrected chi connectivity index (χ4v) is 10.6. The lowest BCUT2D eigenvalue weighted by Crippen LogP contribution is -2.46. The number of phosphoric acid groups is 3. The normalized spacial score (nSPS) is 20.0. The van der Waals surface area contributed by atoms with Gasteiger partial charge in [-0.15, -0.1) is 0 Å². The molecule has 0 spiro atoms. The van der Waals surface area contributed by atoms with Crippen molar-refractivity contribution >= 4 is 69.1 Å². The van der Waals surface area contributed by atoms with E-state index in [1.807, 2.05) is 0 Å². The number of imidazole rings is 1. The fraction of sp³-hybridized carbons (Fsp3) is 0.692. The predicted octanol–water partition coefficient (Wildman–Crippen LogP) is 3.80. The number of hydrogen-bond acceptors (Lipinski definition) is 19. The average molecular weight is 1040 g/mol. The van der Waals surface area contributed by atoms with Crippen LogP contribution in [0, 0.1) is 19.3 Å². The molecule has 0 aliphatic carbocycles. The van der Waals surface area contributed by atoms with Crippen molar-refractivity contribution in [2.45, 2.75) is 136 Å². The number of anilines is 1. The Morgan fingerprint density at radius 3 is 2.24 bits per heavy atom. The molecular weight excluding hydrogens is 979 g/mol. The summed E-state index contributed by atoms with van der Waals surface area (Å²) in [7, 11) is -16.4. The molecule has 0 radical (unpaired) electrons. The standard InChI is InChI=1S/C39H64N7O18P3S/c1-6-13-26-24(2)25(3)27(61-26)14-11-9-7-8-10-12-15-30(48)68-19-18-41-29(47)16-17-42-37(51)34(50)39(4,5)21-60-67(57,58)64-66(55,56)59-20-28-33(63-65(52,53)54)32(49)38(62-28)46-23-45-31-35(40)43-22-44-36(31)46/h22-23,28,32-34,38,49-50H,6-21H2,1-5H3,(H,41,47)(H,42,51)(H,55,56)(H,57,58)(H2,40,43,44)(H2,52,53,54). The summed E-state index contributed by atoms with van der Waals surface area (Å²) in [4.78, 5) is 88.5. The van der Waals surface area contributed by atoms with Crippen LogP contribution in [-0.2, 0) is 63.5 Å². The number of nitrogens with two attached hydrogens (primary N) is 1. The topological polar surface area (TPSA) is 377 Å². The number of amides is 2. The van der Waals surface area contributed by atoms with Gasteiger partial charge >= 0.3 is 23.5 Å². The summed E-state index contributed by atoms with van der Waals surface area (Å²) in [6.07, 6.45) is 2.59. The van der Waals surface area contributed by atoms with Gasteiger partial charge in [-0.05, 0) is 44.2 Å². The second kappa shape index (κ2) is 25.8. The van der Waals surface area contributed by atoms with Gasteiger partial charge in [0.15, 0.2) is 22.8 Å². The minimum Gasteiger partial charge on any atom is -0.466 e. The number of phosphoric ester groups is 3. The van der Waals surface area contributed by atoms with Crippen molar-refractivity contribution in [1.29, 1.82) is 0 Å². The minimum atomic E-state index is -5.58. The van der Waals surface area contributed by atoms with E-state index in [-0.39, 0.29) is 41.6 Å². The Hall–Kier alpha value is -3.16. The van der Waals surface area contributed by atoms with Crippen LogP contribution in [0.1, 0.15) is 107 Å². The van der Waals surface area contributed by atoms with E-state index in [4.69, 9.17) is 23.9 Å². The van der Waals surface area contributed by atoms with Crippen LogP contribution in [0.15, 0.2) is 17.1 Å². The number of unbranched alkanes of at least 4 members (excludes halogenated alkanes) is 5. The Kier molecular flexibility index (Phi) is 21.8. The zero-order chi connectivity index (χ0) is 50.5. The largest absolute Gasteiger partial charge is 0.481 e. The van der Waals surface area contributed by atoms with Gasteiger partial charge in [0.1, 0.15) is 47.8 Å². The number of carbonyl (C=O) groups excluding carboxylic acids is 3. The van der Waals surface area contributed by atoms with Crippen molar-refractivity contribution in [2.75, 3.05) is 37.8 Å². The van der Waals surface area contributed by atoms with Gasteiger partial charge in [-0.25, -0.2) is 28.6 Å². The van der Waals surface area contributed by atoms with E-state index < -0.39 is 84.6 Å². The van der Waals surface area contributed by atoms with Gasteiger partial charge in [0.25, 0.3) is 0 Å². The summed E-state index contributed by atoms with van der Waals surface area (Å²) in [5.41, 5.74) is 6.81. The van der Waals surface area contributed by atoms with Crippen molar-refractivity contribution < 1.29 is 84.9 Å². The highest BCUT2D eigenvalue weighted by atomic mass is 32.2. The molecule has 4 heterocycles. The monoisotopic (exact) mass is 1040 g/mol. The maximum absolute atomic E-state index is 12.7. The molecule has 29 heteroatoms. The number of aryl methyl sites for hydroxylation is 2. The van der Waals surface area contributed by atoms with Gasteiger partial charge in [-0.3, -0.25) is 32.5 Å². The number of ether oxygens (including phenoxy) is 1. The Morgan fingerprint density at radius 1 is 0.912 bits per heavy atom. The second-order valence-corrected chi connectivity index (χ2v) is 22.2. The third-order valence-corrected chi connectivity index (χ3v) is 15.0. The van der Waals surface area contributed by atoms with Crippen LogP contribution in [-0.4, -0.2) is 123 Å². The molecule has 0 bridgehead atoms. The average Bonchev–Trinajstić information content (AvgIpc) is 3.90. The number of nitrogens with zero attached hydrogens (tertiary/aromatic N) is 4. The third-order valence-electron chi connectivity index (χ3n) is 10.9. The van der Waals surface area contributed by atoms with Gasteiger partial charge in [-0.2, -0.15) is 4.31 Å². The lowest BCUT2D eigenvalue weighted by Gasteiger charge is -2.30. The zero-order valence-corrected chi connectivity index (χ0v) is 42.1. The molecule has 10 N–H and O–H groups in total. The first-order chi connectivity index (χ1) is 31.8. The zero-order valence-electron chi connectivity index (χ0n) is 38.6. The highest BCUT2D eigenvalue weighted by Gasteiger charge is 2.50. The molecular formula is C39H64N7O18P3S. The van der Waals surface area contributed by atoms with Gasteiger partial charge in [0, 0.05) is 49.9 Å². The number of rotatable bonds is 30. The first-order valence-corrected chi connectivity index (χ1v) is 27.5. The molecule has 7 atom stereocenters. The summed E-state index contributed by atoms with van der Waals surface area (Å²) < 4.78 is 68.5. The van der Waals surface area contributed by atoms with E-state index >= 15 is 0 Å². The van der Waals surface area contributed by atoms with Crippen molar-refractivity contribution in [2.24, 2.45) is 5.41 Å². The molecule has 7 unspecified atom stereocenters. The highest BCUT2D eigenvalue weighted by molar-refractivity contribution is 8.13. The highest BCUT2D eigenvalue weighted by Crippen LogP contribution is 2.61. The van der Waals surface area contributed by atoms with Crippen LogP contribution in [0.5, 0.6) is 0 Å². The molecule has 1 aliphatic heterocycles. The van der Waals surface area contributed by atoms with Crippen LogP contribution in [0.2, 0.25) is 0 Å². The molecule has 384 valence electrons. The molecule has 1 fully saturated rings.